The van der Waals surface area contributed by atoms with Crippen molar-refractivity contribution in [3.63, 3.8) is 0 Å². The van der Waals surface area contributed by atoms with Crippen molar-refractivity contribution in [1.82, 2.24) is 4.90 Å². The Hall–Kier alpha value is -0.130. The molecule has 0 aromatic heterocycles. The average Bonchev–Trinajstić information content (AvgIpc) is 1.98. The van der Waals surface area contributed by atoms with Gasteiger partial charge in [-0.1, -0.05) is 6.92 Å². The van der Waals surface area contributed by atoms with Crippen LogP contribution in [0.15, 0.2) is 0 Å². The quantitative estimate of drug-likeness (QED) is 0.701. The second kappa shape index (κ2) is 5.82. The van der Waals surface area contributed by atoms with Crippen molar-refractivity contribution in [2.75, 3.05) is 31.6 Å². The van der Waals surface area contributed by atoms with E-state index in [1.165, 1.54) is 0 Å². The number of aliphatic hydroxyl groups is 1. The largest absolute Gasteiger partial charge is 0.389 e. The number of sulfone groups is 1. The molecule has 0 unspecified atom stereocenters. The second-order valence-electron chi connectivity index (χ2n) is 4.70. The van der Waals surface area contributed by atoms with Gasteiger partial charge in [-0.25, -0.2) is 8.42 Å². The Morgan fingerprint density at radius 3 is 2.20 bits per heavy atom. The van der Waals surface area contributed by atoms with Gasteiger partial charge in [0.25, 0.3) is 0 Å². The van der Waals surface area contributed by atoms with Crippen LogP contribution in [-0.2, 0) is 9.84 Å². The zero-order valence-electron chi connectivity index (χ0n) is 10.2. The van der Waals surface area contributed by atoms with Gasteiger partial charge >= 0.3 is 0 Å². The molecule has 0 aromatic carbocycles. The molecule has 0 saturated carbocycles. The molecule has 92 valence electrons. The molecule has 0 spiro atoms. The van der Waals surface area contributed by atoms with E-state index in [2.05, 4.69) is 0 Å². The van der Waals surface area contributed by atoms with Crippen LogP contribution in [0, 0.1) is 0 Å². The van der Waals surface area contributed by atoms with Crippen LogP contribution in [0.5, 0.6) is 0 Å². The maximum atomic E-state index is 11.4. The Morgan fingerprint density at radius 1 is 1.27 bits per heavy atom. The van der Waals surface area contributed by atoms with E-state index in [9.17, 15) is 13.5 Å². The molecule has 5 heteroatoms. The fourth-order valence-corrected chi connectivity index (χ4v) is 2.86. The van der Waals surface area contributed by atoms with Gasteiger partial charge in [-0.15, -0.1) is 0 Å². The SMILES string of the molecule is CCCS(=O)(=O)CCN(C)CC(C)(C)O. The van der Waals surface area contributed by atoms with Gasteiger partial charge in [0.05, 0.1) is 11.4 Å². The van der Waals surface area contributed by atoms with Gasteiger partial charge in [-0.3, -0.25) is 0 Å². The molecule has 0 aliphatic heterocycles. The van der Waals surface area contributed by atoms with Crippen molar-refractivity contribution < 1.29 is 13.5 Å². The van der Waals surface area contributed by atoms with Crippen molar-refractivity contribution in [2.24, 2.45) is 0 Å². The standard InChI is InChI=1S/C10H23NO3S/c1-5-7-15(13,14)8-6-11(4)9-10(2,3)12/h12H,5-9H2,1-4H3. The minimum atomic E-state index is -2.91. The highest BCUT2D eigenvalue weighted by molar-refractivity contribution is 7.91. The highest BCUT2D eigenvalue weighted by atomic mass is 32.2. The lowest BCUT2D eigenvalue weighted by molar-refractivity contribution is 0.0463. The minimum absolute atomic E-state index is 0.174. The van der Waals surface area contributed by atoms with E-state index in [0.29, 0.717) is 19.5 Å². The van der Waals surface area contributed by atoms with Crippen molar-refractivity contribution in [2.45, 2.75) is 32.8 Å². The van der Waals surface area contributed by atoms with E-state index >= 15 is 0 Å². The molecule has 4 nitrogen and oxygen atoms in total. The van der Waals surface area contributed by atoms with Crippen LogP contribution in [0.1, 0.15) is 27.2 Å². The normalized spacial score (nSPS) is 13.5. The molecule has 15 heavy (non-hydrogen) atoms. The monoisotopic (exact) mass is 237 g/mol. The fourth-order valence-electron chi connectivity index (χ4n) is 1.45. The smallest absolute Gasteiger partial charge is 0.151 e. The van der Waals surface area contributed by atoms with Crippen molar-refractivity contribution in [3.05, 3.63) is 0 Å². The Balaban J connectivity index is 3.96. The predicted molar refractivity (Wildman–Crippen MR) is 62.7 cm³/mol. The molecular formula is C10H23NO3S. The summed E-state index contributed by atoms with van der Waals surface area (Å²) in [5.74, 6) is 0.427. The Morgan fingerprint density at radius 2 is 1.80 bits per heavy atom. The fraction of sp³-hybridized carbons (Fsp3) is 1.00. The van der Waals surface area contributed by atoms with E-state index in [4.69, 9.17) is 0 Å². The first-order chi connectivity index (χ1) is 6.66. The van der Waals surface area contributed by atoms with Crippen LogP contribution in [-0.4, -0.2) is 55.7 Å². The van der Waals surface area contributed by atoms with E-state index in [1.807, 2.05) is 18.9 Å². The minimum Gasteiger partial charge on any atom is -0.389 e. The molecule has 0 atom stereocenters. The van der Waals surface area contributed by atoms with Crippen LogP contribution < -0.4 is 0 Å². The molecule has 0 fully saturated rings. The first-order valence-corrected chi connectivity index (χ1v) is 7.10. The first kappa shape index (κ1) is 14.9. The summed E-state index contributed by atoms with van der Waals surface area (Å²) in [6.45, 7) is 6.24. The molecule has 0 heterocycles. The van der Waals surface area contributed by atoms with Crippen LogP contribution in [0.4, 0.5) is 0 Å². The van der Waals surface area contributed by atoms with Crippen LogP contribution in [0.3, 0.4) is 0 Å². The zero-order chi connectivity index (χ0) is 12.1. The Kier molecular flexibility index (Phi) is 5.77. The van der Waals surface area contributed by atoms with Crippen molar-refractivity contribution >= 4 is 9.84 Å². The third-order valence-corrected chi connectivity index (χ3v) is 3.79. The van der Waals surface area contributed by atoms with E-state index in [0.717, 1.165) is 0 Å². The molecule has 0 radical (unpaired) electrons. The maximum Gasteiger partial charge on any atom is 0.151 e. The van der Waals surface area contributed by atoms with Gasteiger partial charge in [0.15, 0.2) is 9.84 Å². The van der Waals surface area contributed by atoms with Crippen molar-refractivity contribution in [1.29, 1.82) is 0 Å². The third kappa shape index (κ3) is 8.84. The number of likely N-dealkylation sites (N-methyl/N-ethyl adjacent to an activating group) is 1. The second-order valence-corrected chi connectivity index (χ2v) is 7.01. The highest BCUT2D eigenvalue weighted by Gasteiger charge is 2.17. The summed E-state index contributed by atoms with van der Waals surface area (Å²) < 4.78 is 22.8. The number of hydrogen-bond donors (Lipinski definition) is 1. The molecule has 0 aromatic rings. The Bertz CT molecular complexity index is 267. The van der Waals surface area contributed by atoms with Crippen molar-refractivity contribution in [3.8, 4) is 0 Å². The van der Waals surface area contributed by atoms with Gasteiger partial charge < -0.3 is 10.0 Å². The van der Waals surface area contributed by atoms with E-state index < -0.39 is 15.4 Å². The first-order valence-electron chi connectivity index (χ1n) is 5.27. The maximum absolute atomic E-state index is 11.4. The van der Waals surface area contributed by atoms with Gasteiger partial charge in [0.1, 0.15) is 0 Å². The summed E-state index contributed by atoms with van der Waals surface area (Å²) in [5.41, 5.74) is -0.775. The number of hydrogen-bond acceptors (Lipinski definition) is 4. The summed E-state index contributed by atoms with van der Waals surface area (Å²) in [7, 11) is -1.09. The topological polar surface area (TPSA) is 57.6 Å². The Labute approximate surface area is 93.2 Å². The summed E-state index contributed by atoms with van der Waals surface area (Å²) in [4.78, 5) is 1.84. The highest BCUT2D eigenvalue weighted by Crippen LogP contribution is 2.03. The molecule has 0 rings (SSSR count). The molecule has 0 aliphatic carbocycles. The van der Waals surface area contributed by atoms with E-state index in [-0.39, 0.29) is 11.5 Å². The lowest BCUT2D eigenvalue weighted by Crippen LogP contribution is -2.38. The summed E-state index contributed by atoms with van der Waals surface area (Å²) in [6.07, 6.45) is 0.664. The van der Waals surface area contributed by atoms with Gasteiger partial charge in [0.2, 0.25) is 0 Å². The van der Waals surface area contributed by atoms with Gasteiger partial charge in [0, 0.05) is 18.8 Å². The average molecular weight is 237 g/mol. The molecule has 0 bridgehead atoms. The summed E-state index contributed by atoms with van der Waals surface area (Å²) >= 11 is 0. The molecule has 0 amide bonds. The van der Waals surface area contributed by atoms with Gasteiger partial charge in [-0.2, -0.15) is 0 Å². The number of rotatable bonds is 7. The third-order valence-electron chi connectivity index (χ3n) is 1.96. The summed E-state index contributed by atoms with van der Waals surface area (Å²) in [6, 6.07) is 0. The van der Waals surface area contributed by atoms with Gasteiger partial charge in [-0.05, 0) is 27.3 Å². The van der Waals surface area contributed by atoms with E-state index in [1.54, 1.807) is 13.8 Å². The molecule has 0 aliphatic rings. The molecule has 0 saturated heterocycles. The molecular weight excluding hydrogens is 214 g/mol. The van der Waals surface area contributed by atoms with Crippen LogP contribution in [0.25, 0.3) is 0 Å². The lowest BCUT2D eigenvalue weighted by atomic mass is 10.1. The zero-order valence-corrected chi connectivity index (χ0v) is 11.0. The number of nitrogens with zero attached hydrogens (tertiary/aromatic N) is 1. The predicted octanol–water partition coefficient (Wildman–Crippen LogP) is 0.514. The van der Waals surface area contributed by atoms with Crippen LogP contribution in [0.2, 0.25) is 0 Å². The molecule has 1 N–H and O–H groups in total. The lowest BCUT2D eigenvalue weighted by Gasteiger charge is -2.25. The summed E-state index contributed by atoms with van der Waals surface area (Å²) in [5, 5.41) is 9.53. The van der Waals surface area contributed by atoms with Crippen LogP contribution >= 0.6 is 0 Å².